The van der Waals surface area contributed by atoms with Crippen LogP contribution >= 0.6 is 11.3 Å². The minimum Gasteiger partial charge on any atom is -0.462 e. The maximum absolute atomic E-state index is 13.7. The number of pyridine rings is 1. The maximum atomic E-state index is 13.7. The molecule has 1 N–H and O–H groups in total. The number of hydrogen-bond donors (Lipinski definition) is 1. The Balaban J connectivity index is 1.75. The van der Waals surface area contributed by atoms with E-state index in [1.165, 1.54) is 39.9 Å². The van der Waals surface area contributed by atoms with E-state index >= 15 is 0 Å². The van der Waals surface area contributed by atoms with E-state index in [9.17, 15) is 18.0 Å². The van der Waals surface area contributed by atoms with E-state index in [-0.39, 0.29) is 35.7 Å². The van der Waals surface area contributed by atoms with E-state index in [1.54, 1.807) is 13.0 Å². The number of nitrogens with zero attached hydrogens (tertiary/aromatic N) is 1. The van der Waals surface area contributed by atoms with Crippen LogP contribution in [-0.2, 0) is 27.8 Å². The second-order valence-electron chi connectivity index (χ2n) is 7.82. The number of benzene rings is 2. The van der Waals surface area contributed by atoms with Crippen molar-refractivity contribution in [3.63, 3.8) is 0 Å². The summed E-state index contributed by atoms with van der Waals surface area (Å²) in [5.41, 5.74) is 1.85. The smallest absolute Gasteiger partial charge is 0.338 e. The molecule has 2 aromatic carbocycles. The zero-order valence-electron chi connectivity index (χ0n) is 18.8. The second-order valence-corrected chi connectivity index (χ2v) is 10.8. The van der Waals surface area contributed by atoms with E-state index in [2.05, 4.69) is 4.98 Å². The van der Waals surface area contributed by atoms with Crippen LogP contribution in [0, 0.1) is 6.92 Å². The van der Waals surface area contributed by atoms with Gasteiger partial charge in [0, 0.05) is 29.0 Å². The third kappa shape index (κ3) is 5.11. The normalized spacial score (nSPS) is 11.7. The first-order valence-corrected chi connectivity index (χ1v) is 13.0. The highest BCUT2D eigenvalue weighted by molar-refractivity contribution is 7.89. The highest BCUT2D eigenvalue weighted by atomic mass is 32.2. The SMILES string of the molecule is CCOC(=O)c1cccc(S(=O)(=O)N(Cc2cccs2)Cc2cc3ccc(C)cc3[nH]c2=O)c1. The highest BCUT2D eigenvalue weighted by Gasteiger charge is 2.27. The molecule has 0 aliphatic carbocycles. The molecule has 0 aliphatic heterocycles. The zero-order chi connectivity index (χ0) is 24.3. The maximum Gasteiger partial charge on any atom is 0.338 e. The Bertz CT molecular complexity index is 1490. The average Bonchev–Trinajstić information content (AvgIpc) is 3.32. The predicted molar refractivity (Wildman–Crippen MR) is 132 cm³/mol. The lowest BCUT2D eigenvalue weighted by molar-refractivity contribution is 0.0526. The van der Waals surface area contributed by atoms with Crippen LogP contribution in [0.25, 0.3) is 10.9 Å². The van der Waals surface area contributed by atoms with Gasteiger partial charge in [0.05, 0.1) is 17.1 Å². The predicted octanol–water partition coefficient (Wildman–Crippen LogP) is 4.47. The Morgan fingerprint density at radius 1 is 1.06 bits per heavy atom. The number of H-pyrrole nitrogens is 1. The molecule has 0 fully saturated rings. The summed E-state index contributed by atoms with van der Waals surface area (Å²) in [6.45, 7) is 3.78. The van der Waals surface area contributed by atoms with Crippen LogP contribution in [0.3, 0.4) is 0 Å². The number of thiophene rings is 1. The second kappa shape index (κ2) is 9.92. The first-order valence-electron chi connectivity index (χ1n) is 10.7. The van der Waals surface area contributed by atoms with Gasteiger partial charge in [-0.1, -0.05) is 24.3 Å². The molecule has 34 heavy (non-hydrogen) atoms. The minimum atomic E-state index is -4.04. The fourth-order valence-electron chi connectivity index (χ4n) is 3.62. The molecule has 0 radical (unpaired) electrons. The Hall–Kier alpha value is -3.27. The number of carbonyl (C=O) groups excluding carboxylic acids is 1. The van der Waals surface area contributed by atoms with Crippen LogP contribution in [0.1, 0.15) is 33.3 Å². The molecule has 0 unspecified atom stereocenters. The van der Waals surface area contributed by atoms with Gasteiger partial charge in [0.25, 0.3) is 5.56 Å². The summed E-state index contributed by atoms with van der Waals surface area (Å²) in [6.07, 6.45) is 0. The molecule has 0 bridgehead atoms. The molecule has 0 aliphatic rings. The van der Waals surface area contributed by atoms with Crippen molar-refractivity contribution in [1.29, 1.82) is 0 Å². The third-order valence-electron chi connectivity index (χ3n) is 5.32. The molecule has 0 spiro atoms. The number of aromatic amines is 1. The minimum absolute atomic E-state index is 0.0394. The quantitative estimate of drug-likeness (QED) is 0.363. The number of esters is 1. The molecule has 0 atom stereocenters. The molecule has 0 amide bonds. The molecule has 176 valence electrons. The van der Waals surface area contributed by atoms with Gasteiger partial charge >= 0.3 is 5.97 Å². The van der Waals surface area contributed by atoms with Gasteiger partial charge < -0.3 is 9.72 Å². The largest absolute Gasteiger partial charge is 0.462 e. The third-order valence-corrected chi connectivity index (χ3v) is 7.97. The van der Waals surface area contributed by atoms with Gasteiger partial charge in [-0.3, -0.25) is 4.79 Å². The van der Waals surface area contributed by atoms with E-state index < -0.39 is 16.0 Å². The fourth-order valence-corrected chi connectivity index (χ4v) is 5.86. The van der Waals surface area contributed by atoms with Gasteiger partial charge in [0.15, 0.2) is 0 Å². The lowest BCUT2D eigenvalue weighted by atomic mass is 10.1. The first-order chi connectivity index (χ1) is 16.3. The van der Waals surface area contributed by atoms with Crippen molar-refractivity contribution in [3.8, 4) is 0 Å². The van der Waals surface area contributed by atoms with Gasteiger partial charge in [0.2, 0.25) is 10.0 Å². The number of carbonyl (C=O) groups is 1. The number of sulfonamides is 1. The van der Waals surface area contributed by atoms with E-state index in [4.69, 9.17) is 4.74 Å². The van der Waals surface area contributed by atoms with Gasteiger partial charge in [-0.15, -0.1) is 11.3 Å². The first kappa shape index (κ1) is 23.9. The lowest BCUT2D eigenvalue weighted by Crippen LogP contribution is -2.32. The van der Waals surface area contributed by atoms with E-state index in [0.717, 1.165) is 15.8 Å². The van der Waals surface area contributed by atoms with Crippen molar-refractivity contribution in [2.45, 2.75) is 31.8 Å². The van der Waals surface area contributed by atoms with Crippen LogP contribution in [0.2, 0.25) is 0 Å². The molecule has 4 aromatic rings. The summed E-state index contributed by atoms with van der Waals surface area (Å²) in [4.78, 5) is 28.6. The molecular formula is C25H24N2O5S2. The van der Waals surface area contributed by atoms with Crippen molar-refractivity contribution < 1.29 is 17.9 Å². The summed E-state index contributed by atoms with van der Waals surface area (Å²) < 4.78 is 33.6. The monoisotopic (exact) mass is 496 g/mol. The van der Waals surface area contributed by atoms with Gasteiger partial charge in [-0.25, -0.2) is 13.2 Å². The standard InChI is InChI=1S/C25H24N2O5S2/c1-3-32-25(29)19-6-4-8-22(14-19)34(30,31)27(16-21-7-5-11-33-21)15-20-13-18-10-9-17(2)12-23(18)26-24(20)28/h4-14H,3,15-16H2,1-2H3,(H,26,28). The van der Waals surface area contributed by atoms with Crippen LogP contribution in [0.15, 0.2) is 75.7 Å². The van der Waals surface area contributed by atoms with Crippen LogP contribution in [-0.4, -0.2) is 30.3 Å². The average molecular weight is 497 g/mol. The lowest BCUT2D eigenvalue weighted by Gasteiger charge is -2.22. The molecular weight excluding hydrogens is 472 g/mol. The number of hydrogen-bond acceptors (Lipinski definition) is 6. The number of rotatable bonds is 8. The highest BCUT2D eigenvalue weighted by Crippen LogP contribution is 2.24. The summed E-state index contributed by atoms with van der Waals surface area (Å²) in [5, 5.41) is 2.69. The summed E-state index contributed by atoms with van der Waals surface area (Å²) in [6, 6.07) is 16.9. The number of fused-ring (bicyclic) bond motifs is 1. The van der Waals surface area contributed by atoms with Gasteiger partial charge in [-0.2, -0.15) is 4.31 Å². The van der Waals surface area contributed by atoms with Crippen LogP contribution < -0.4 is 5.56 Å². The van der Waals surface area contributed by atoms with E-state index in [1.807, 2.05) is 42.6 Å². The Labute approximate surface area is 201 Å². The fraction of sp³-hybridized carbons (Fsp3) is 0.200. The summed E-state index contributed by atoms with van der Waals surface area (Å²) >= 11 is 1.43. The molecule has 2 aromatic heterocycles. The van der Waals surface area contributed by atoms with Gasteiger partial charge in [-0.05, 0) is 66.6 Å². The molecule has 0 saturated carbocycles. The van der Waals surface area contributed by atoms with Crippen molar-refractivity contribution in [2.24, 2.45) is 0 Å². The van der Waals surface area contributed by atoms with E-state index in [0.29, 0.717) is 11.1 Å². The number of nitrogens with one attached hydrogen (secondary N) is 1. The zero-order valence-corrected chi connectivity index (χ0v) is 20.4. The Kier molecular flexibility index (Phi) is 6.97. The van der Waals surface area contributed by atoms with Crippen molar-refractivity contribution in [3.05, 3.63) is 98.0 Å². The summed E-state index contributed by atoms with van der Waals surface area (Å²) in [5.74, 6) is -0.592. The van der Waals surface area contributed by atoms with Crippen LogP contribution in [0.5, 0.6) is 0 Å². The number of ether oxygens (including phenoxy) is 1. The van der Waals surface area contributed by atoms with Crippen molar-refractivity contribution >= 4 is 38.2 Å². The van der Waals surface area contributed by atoms with Crippen molar-refractivity contribution in [1.82, 2.24) is 9.29 Å². The Morgan fingerprint density at radius 3 is 2.62 bits per heavy atom. The molecule has 0 saturated heterocycles. The topological polar surface area (TPSA) is 96.5 Å². The molecule has 4 rings (SSSR count). The number of aromatic nitrogens is 1. The van der Waals surface area contributed by atoms with Crippen molar-refractivity contribution in [2.75, 3.05) is 6.61 Å². The molecule has 2 heterocycles. The number of aryl methyl sites for hydroxylation is 1. The summed E-state index contributed by atoms with van der Waals surface area (Å²) in [7, 11) is -4.04. The Morgan fingerprint density at radius 2 is 1.88 bits per heavy atom. The molecule has 9 heteroatoms. The molecule has 7 nitrogen and oxygen atoms in total. The van der Waals surface area contributed by atoms with Crippen LogP contribution in [0.4, 0.5) is 0 Å². The van der Waals surface area contributed by atoms with Gasteiger partial charge in [0.1, 0.15) is 0 Å².